The summed E-state index contributed by atoms with van der Waals surface area (Å²) in [6, 6.07) is 4.89. The lowest BCUT2D eigenvalue weighted by Crippen LogP contribution is -2.04. The van der Waals surface area contributed by atoms with Crippen molar-refractivity contribution in [1.29, 1.82) is 0 Å². The van der Waals surface area contributed by atoms with Gasteiger partial charge in [-0.1, -0.05) is 0 Å². The molecule has 0 saturated heterocycles. The minimum atomic E-state index is -0.941. The Labute approximate surface area is 86.5 Å². The molecular formula is C11H11NO3. The van der Waals surface area contributed by atoms with Gasteiger partial charge in [0.15, 0.2) is 0 Å². The van der Waals surface area contributed by atoms with Crippen molar-refractivity contribution < 1.29 is 14.3 Å². The van der Waals surface area contributed by atoms with E-state index < -0.39 is 5.97 Å². The molecule has 0 radical (unpaired) electrons. The van der Waals surface area contributed by atoms with Crippen LogP contribution in [-0.4, -0.2) is 18.1 Å². The van der Waals surface area contributed by atoms with Crippen LogP contribution in [0, 0.1) is 0 Å². The fourth-order valence-corrected chi connectivity index (χ4v) is 1.54. The zero-order chi connectivity index (χ0) is 10.8. The quantitative estimate of drug-likeness (QED) is 0.802. The van der Waals surface area contributed by atoms with Crippen LogP contribution in [0.15, 0.2) is 28.9 Å². The molecule has 0 aliphatic rings. The Morgan fingerprint density at radius 1 is 1.53 bits per heavy atom. The molecular weight excluding hydrogens is 194 g/mol. The molecule has 15 heavy (non-hydrogen) atoms. The Kier molecular flexibility index (Phi) is 2.43. The SMILES string of the molecule is CNCc1coc2cc(C(=O)O)ccc12. The molecule has 2 rings (SSSR count). The Balaban J connectivity index is 2.51. The van der Waals surface area contributed by atoms with Gasteiger partial charge in [0, 0.05) is 17.5 Å². The minimum Gasteiger partial charge on any atom is -0.478 e. The summed E-state index contributed by atoms with van der Waals surface area (Å²) in [7, 11) is 1.85. The van der Waals surface area contributed by atoms with Crippen LogP contribution in [0.3, 0.4) is 0 Å². The van der Waals surface area contributed by atoms with Gasteiger partial charge in [-0.3, -0.25) is 0 Å². The second-order valence-corrected chi connectivity index (χ2v) is 3.31. The summed E-state index contributed by atoms with van der Waals surface area (Å²) in [5.74, 6) is -0.941. The minimum absolute atomic E-state index is 0.243. The number of hydrogen-bond acceptors (Lipinski definition) is 3. The van der Waals surface area contributed by atoms with Crippen LogP contribution in [0.25, 0.3) is 11.0 Å². The van der Waals surface area contributed by atoms with Crippen LogP contribution in [-0.2, 0) is 6.54 Å². The maximum atomic E-state index is 10.7. The largest absolute Gasteiger partial charge is 0.478 e. The Morgan fingerprint density at radius 3 is 3.00 bits per heavy atom. The standard InChI is InChI=1S/C11H11NO3/c1-12-5-8-6-15-10-4-7(11(13)14)2-3-9(8)10/h2-4,6,12H,5H2,1H3,(H,13,14). The number of furan rings is 1. The van der Waals surface area contributed by atoms with Crippen molar-refractivity contribution in [2.24, 2.45) is 0 Å². The maximum absolute atomic E-state index is 10.7. The molecule has 0 fully saturated rings. The Hall–Kier alpha value is -1.81. The summed E-state index contributed by atoms with van der Waals surface area (Å²) in [6.07, 6.45) is 1.65. The van der Waals surface area contributed by atoms with Crippen molar-refractivity contribution in [2.75, 3.05) is 7.05 Å². The lowest BCUT2D eigenvalue weighted by atomic mass is 10.1. The first-order valence-corrected chi connectivity index (χ1v) is 4.60. The van der Waals surface area contributed by atoms with E-state index in [1.807, 2.05) is 7.05 Å². The highest BCUT2D eigenvalue weighted by Crippen LogP contribution is 2.22. The van der Waals surface area contributed by atoms with E-state index in [1.165, 1.54) is 6.07 Å². The highest BCUT2D eigenvalue weighted by Gasteiger charge is 2.08. The molecule has 0 aliphatic heterocycles. The van der Waals surface area contributed by atoms with Gasteiger partial charge in [-0.05, 0) is 25.2 Å². The average molecular weight is 205 g/mol. The molecule has 0 unspecified atom stereocenters. The van der Waals surface area contributed by atoms with Crippen molar-refractivity contribution in [3.8, 4) is 0 Å². The third-order valence-electron chi connectivity index (χ3n) is 2.27. The number of rotatable bonds is 3. The summed E-state index contributed by atoms with van der Waals surface area (Å²) in [6.45, 7) is 0.708. The van der Waals surface area contributed by atoms with E-state index in [0.29, 0.717) is 12.1 Å². The van der Waals surface area contributed by atoms with Crippen LogP contribution in [0.1, 0.15) is 15.9 Å². The van der Waals surface area contributed by atoms with Gasteiger partial charge in [0.1, 0.15) is 5.58 Å². The van der Waals surface area contributed by atoms with Gasteiger partial charge in [0.2, 0.25) is 0 Å². The van der Waals surface area contributed by atoms with E-state index in [0.717, 1.165) is 10.9 Å². The topological polar surface area (TPSA) is 62.5 Å². The zero-order valence-corrected chi connectivity index (χ0v) is 8.28. The first-order chi connectivity index (χ1) is 7.22. The molecule has 0 aliphatic carbocycles. The lowest BCUT2D eigenvalue weighted by Gasteiger charge is -1.96. The second-order valence-electron chi connectivity index (χ2n) is 3.31. The molecule has 0 amide bonds. The van der Waals surface area contributed by atoms with Crippen molar-refractivity contribution in [2.45, 2.75) is 6.54 Å². The highest BCUT2D eigenvalue weighted by atomic mass is 16.4. The maximum Gasteiger partial charge on any atom is 0.335 e. The van der Waals surface area contributed by atoms with E-state index in [2.05, 4.69) is 5.32 Å². The van der Waals surface area contributed by atoms with E-state index in [9.17, 15) is 4.79 Å². The lowest BCUT2D eigenvalue weighted by molar-refractivity contribution is 0.0697. The van der Waals surface area contributed by atoms with Gasteiger partial charge in [-0.2, -0.15) is 0 Å². The molecule has 1 heterocycles. The van der Waals surface area contributed by atoms with Crippen molar-refractivity contribution in [3.05, 3.63) is 35.6 Å². The fraction of sp³-hybridized carbons (Fsp3) is 0.182. The third kappa shape index (κ3) is 1.71. The summed E-state index contributed by atoms with van der Waals surface area (Å²) in [4.78, 5) is 10.7. The first-order valence-electron chi connectivity index (χ1n) is 4.60. The van der Waals surface area contributed by atoms with Gasteiger partial charge in [0.25, 0.3) is 0 Å². The highest BCUT2D eigenvalue weighted by molar-refractivity contribution is 5.93. The molecule has 0 saturated carbocycles. The molecule has 2 N–H and O–H groups in total. The van der Waals surface area contributed by atoms with E-state index in [1.54, 1.807) is 18.4 Å². The molecule has 1 aromatic heterocycles. The van der Waals surface area contributed by atoms with Gasteiger partial charge < -0.3 is 14.8 Å². The molecule has 2 aromatic rings. The molecule has 4 nitrogen and oxygen atoms in total. The van der Waals surface area contributed by atoms with E-state index in [-0.39, 0.29) is 5.56 Å². The summed E-state index contributed by atoms with van der Waals surface area (Å²) < 4.78 is 5.29. The number of hydrogen-bond donors (Lipinski definition) is 2. The number of aromatic carboxylic acids is 1. The van der Waals surface area contributed by atoms with Crippen LogP contribution in [0.4, 0.5) is 0 Å². The molecule has 0 bridgehead atoms. The van der Waals surface area contributed by atoms with Crippen LogP contribution >= 0.6 is 0 Å². The van der Waals surface area contributed by atoms with Gasteiger partial charge in [-0.15, -0.1) is 0 Å². The van der Waals surface area contributed by atoms with E-state index >= 15 is 0 Å². The summed E-state index contributed by atoms with van der Waals surface area (Å²) in [5.41, 5.74) is 1.89. The Bertz CT molecular complexity index is 502. The van der Waals surface area contributed by atoms with Crippen molar-refractivity contribution in [3.63, 3.8) is 0 Å². The van der Waals surface area contributed by atoms with Gasteiger partial charge >= 0.3 is 5.97 Å². The van der Waals surface area contributed by atoms with Gasteiger partial charge in [0.05, 0.1) is 11.8 Å². The smallest absolute Gasteiger partial charge is 0.335 e. The molecule has 0 atom stereocenters. The zero-order valence-electron chi connectivity index (χ0n) is 8.28. The van der Waals surface area contributed by atoms with Crippen molar-refractivity contribution in [1.82, 2.24) is 5.32 Å². The number of carboxylic acids is 1. The number of nitrogens with one attached hydrogen (secondary N) is 1. The average Bonchev–Trinajstić information content (AvgIpc) is 2.61. The predicted molar refractivity (Wildman–Crippen MR) is 55.9 cm³/mol. The summed E-state index contributed by atoms with van der Waals surface area (Å²) >= 11 is 0. The number of carboxylic acid groups (broad SMARTS) is 1. The van der Waals surface area contributed by atoms with E-state index in [4.69, 9.17) is 9.52 Å². The van der Waals surface area contributed by atoms with Crippen LogP contribution < -0.4 is 5.32 Å². The Morgan fingerprint density at radius 2 is 2.33 bits per heavy atom. The fourth-order valence-electron chi connectivity index (χ4n) is 1.54. The summed E-state index contributed by atoms with van der Waals surface area (Å²) in [5, 5.41) is 12.8. The number of benzene rings is 1. The second kappa shape index (κ2) is 3.74. The predicted octanol–water partition coefficient (Wildman–Crippen LogP) is 1.85. The molecule has 0 spiro atoms. The molecule has 78 valence electrons. The van der Waals surface area contributed by atoms with Crippen molar-refractivity contribution >= 4 is 16.9 Å². The first kappa shape index (κ1) is 9.73. The molecule has 4 heteroatoms. The van der Waals surface area contributed by atoms with Gasteiger partial charge in [-0.25, -0.2) is 4.79 Å². The number of carbonyl (C=O) groups is 1. The molecule has 1 aromatic carbocycles. The monoisotopic (exact) mass is 205 g/mol. The normalized spacial score (nSPS) is 10.7. The van der Waals surface area contributed by atoms with Crippen LogP contribution in [0.5, 0.6) is 0 Å². The van der Waals surface area contributed by atoms with Crippen LogP contribution in [0.2, 0.25) is 0 Å². The number of fused-ring (bicyclic) bond motifs is 1. The third-order valence-corrected chi connectivity index (χ3v) is 2.27.